The quantitative estimate of drug-likeness (QED) is 0.115. The summed E-state index contributed by atoms with van der Waals surface area (Å²) in [6.45, 7) is 15.0. The summed E-state index contributed by atoms with van der Waals surface area (Å²) in [5, 5.41) is 21.3. The van der Waals surface area contributed by atoms with E-state index >= 15 is 0 Å². The number of aryl methyl sites for hydroxylation is 1. The molecule has 4 nitrogen and oxygen atoms in total. The van der Waals surface area contributed by atoms with Crippen LogP contribution in [0.3, 0.4) is 0 Å². The molecule has 0 heterocycles. The zero-order chi connectivity index (χ0) is 28.0. The van der Waals surface area contributed by atoms with Gasteiger partial charge in [0, 0.05) is 6.61 Å². The Morgan fingerprint density at radius 1 is 0.711 bits per heavy atom. The number of unbranched alkanes of at least 4 members (excludes halogenated alkanes) is 1. The van der Waals surface area contributed by atoms with Crippen molar-refractivity contribution in [2.24, 2.45) is 0 Å². The molecule has 0 spiro atoms. The summed E-state index contributed by atoms with van der Waals surface area (Å²) < 4.78 is 12.8. The van der Waals surface area contributed by atoms with E-state index in [4.69, 9.17) is 9.16 Å². The number of rotatable bonds is 18. The Labute approximate surface area is 233 Å². The molecule has 0 amide bonds. The highest BCUT2D eigenvalue weighted by atomic mass is 28.4. The third-order valence-corrected chi connectivity index (χ3v) is 13.8. The van der Waals surface area contributed by atoms with Crippen LogP contribution in [-0.4, -0.2) is 43.4 Å². The molecule has 0 saturated carbocycles. The lowest BCUT2D eigenvalue weighted by atomic mass is 10.0. The van der Waals surface area contributed by atoms with Gasteiger partial charge in [-0.1, -0.05) is 114 Å². The minimum Gasteiger partial charge on any atom is -0.410 e. The van der Waals surface area contributed by atoms with Crippen LogP contribution in [0.4, 0.5) is 0 Å². The van der Waals surface area contributed by atoms with Gasteiger partial charge in [0.15, 0.2) is 0 Å². The molecule has 0 aliphatic carbocycles. The van der Waals surface area contributed by atoms with Crippen LogP contribution in [0.1, 0.15) is 78.4 Å². The zero-order valence-electron chi connectivity index (χ0n) is 24.6. The Hall–Kier alpha value is -1.76. The van der Waals surface area contributed by atoms with Crippen molar-refractivity contribution in [2.75, 3.05) is 6.61 Å². The van der Waals surface area contributed by atoms with Gasteiger partial charge < -0.3 is 19.4 Å². The summed E-state index contributed by atoms with van der Waals surface area (Å²) in [7, 11) is -2.10. The molecule has 0 unspecified atom stereocenters. The molecule has 212 valence electrons. The molecule has 0 bridgehead atoms. The molecule has 0 radical (unpaired) electrons. The van der Waals surface area contributed by atoms with Crippen molar-refractivity contribution in [1.82, 2.24) is 0 Å². The highest BCUT2D eigenvalue weighted by Gasteiger charge is 2.46. The second kappa shape index (κ2) is 17.0. The highest BCUT2D eigenvalue weighted by molar-refractivity contribution is 6.77. The van der Waals surface area contributed by atoms with E-state index in [1.807, 2.05) is 30.3 Å². The number of aliphatic hydroxyl groups is 2. The highest BCUT2D eigenvalue weighted by Crippen LogP contribution is 2.43. The van der Waals surface area contributed by atoms with Crippen molar-refractivity contribution in [2.45, 2.75) is 115 Å². The molecule has 0 aliphatic heterocycles. The van der Waals surface area contributed by atoms with Crippen LogP contribution in [0.15, 0.2) is 72.8 Å². The van der Waals surface area contributed by atoms with Crippen LogP contribution in [0.2, 0.25) is 16.6 Å². The molecule has 5 heteroatoms. The maximum absolute atomic E-state index is 10.7. The van der Waals surface area contributed by atoms with Crippen LogP contribution in [0.5, 0.6) is 0 Å². The summed E-state index contributed by atoms with van der Waals surface area (Å²) in [4.78, 5) is 0. The first kappa shape index (κ1) is 32.4. The Kier molecular flexibility index (Phi) is 14.5. The third-order valence-electron chi connectivity index (χ3n) is 7.69. The first-order chi connectivity index (χ1) is 18.2. The summed E-state index contributed by atoms with van der Waals surface area (Å²) in [5.74, 6) is 0. The van der Waals surface area contributed by atoms with E-state index in [0.29, 0.717) is 36.3 Å². The van der Waals surface area contributed by atoms with E-state index in [1.165, 1.54) is 5.56 Å². The Balaban J connectivity index is 1.94. The summed E-state index contributed by atoms with van der Waals surface area (Å²) in [6, 6.07) is 20.6. The van der Waals surface area contributed by atoms with E-state index in [-0.39, 0.29) is 6.10 Å². The minimum absolute atomic E-state index is 0.0951. The lowest BCUT2D eigenvalue weighted by Gasteiger charge is -2.44. The second-order valence-electron chi connectivity index (χ2n) is 11.5. The summed E-state index contributed by atoms with van der Waals surface area (Å²) in [6.07, 6.45) is 5.93. The van der Waals surface area contributed by atoms with Crippen molar-refractivity contribution < 1.29 is 19.4 Å². The van der Waals surface area contributed by atoms with Gasteiger partial charge in [-0.3, -0.25) is 0 Å². The fourth-order valence-electron chi connectivity index (χ4n) is 5.68. The van der Waals surface area contributed by atoms with Gasteiger partial charge in [0.25, 0.3) is 0 Å². The zero-order valence-corrected chi connectivity index (χ0v) is 25.6. The van der Waals surface area contributed by atoms with Gasteiger partial charge in [-0.15, -0.1) is 0 Å². The van der Waals surface area contributed by atoms with Crippen molar-refractivity contribution >= 4 is 8.32 Å². The molecule has 0 saturated heterocycles. The maximum atomic E-state index is 10.7. The van der Waals surface area contributed by atoms with Crippen molar-refractivity contribution in [3.8, 4) is 0 Å². The number of ether oxygens (including phenoxy) is 1. The first-order valence-corrected chi connectivity index (χ1v) is 16.7. The number of hydrogen-bond acceptors (Lipinski definition) is 4. The first-order valence-electron chi connectivity index (χ1n) is 14.5. The van der Waals surface area contributed by atoms with E-state index < -0.39 is 20.5 Å². The van der Waals surface area contributed by atoms with E-state index in [0.717, 1.165) is 31.2 Å². The molecule has 2 N–H and O–H groups in total. The molecule has 2 aromatic carbocycles. The molecule has 0 fully saturated rings. The molecule has 0 aliphatic rings. The van der Waals surface area contributed by atoms with Crippen LogP contribution >= 0.6 is 0 Å². The monoisotopic (exact) mass is 540 g/mol. The average molecular weight is 541 g/mol. The van der Waals surface area contributed by atoms with Gasteiger partial charge in [0.05, 0.1) is 24.9 Å². The molecular weight excluding hydrogens is 488 g/mol. The molecule has 0 aromatic heterocycles. The average Bonchev–Trinajstić information content (AvgIpc) is 2.90. The normalized spacial score (nSPS) is 15.0. The van der Waals surface area contributed by atoms with Crippen LogP contribution in [0, 0.1) is 0 Å². The van der Waals surface area contributed by atoms with E-state index in [9.17, 15) is 10.2 Å². The topological polar surface area (TPSA) is 58.9 Å². The lowest BCUT2D eigenvalue weighted by molar-refractivity contribution is 0.0381. The third kappa shape index (κ3) is 10.4. The predicted octanol–water partition coefficient (Wildman–Crippen LogP) is 7.85. The molecular formula is C33H52O4Si. The standard InChI is InChI=1S/C33H52O4Si/c1-26(2)38(27(3)4,28(5)6)37-31(21-20-29-15-9-7-10-16-29)22-23-33(35)32(34)19-13-14-24-36-25-30-17-11-8-12-18-30/h7-12,15-18,22-23,26-28,31-35H,13-14,19-21,24-25H2,1-6H3/b23-22-/t31-,32+,33-/m0/s1. The smallest absolute Gasteiger partial charge is 0.201 e. The van der Waals surface area contributed by atoms with E-state index in [1.54, 1.807) is 6.08 Å². The molecule has 38 heavy (non-hydrogen) atoms. The molecule has 3 atom stereocenters. The lowest BCUT2D eigenvalue weighted by Crippen LogP contribution is -2.50. The molecule has 2 rings (SSSR count). The SMILES string of the molecule is CC(C)[Si](O[C@H](/C=C\[C@H](O)[C@H](O)CCCCOCc1ccccc1)CCc1ccccc1)(C(C)C)C(C)C. The largest absolute Gasteiger partial charge is 0.410 e. The van der Waals surface area contributed by atoms with Gasteiger partial charge in [-0.2, -0.15) is 0 Å². The van der Waals surface area contributed by atoms with Crippen molar-refractivity contribution in [3.63, 3.8) is 0 Å². The van der Waals surface area contributed by atoms with Gasteiger partial charge in [0.2, 0.25) is 8.32 Å². The molecule has 2 aromatic rings. The van der Waals surface area contributed by atoms with Gasteiger partial charge in [-0.25, -0.2) is 0 Å². The van der Waals surface area contributed by atoms with Crippen LogP contribution < -0.4 is 0 Å². The fraction of sp³-hybridized carbons (Fsp3) is 0.576. The summed E-state index contributed by atoms with van der Waals surface area (Å²) in [5.41, 5.74) is 3.89. The van der Waals surface area contributed by atoms with Gasteiger partial charge in [-0.05, 0) is 59.9 Å². The predicted molar refractivity (Wildman–Crippen MR) is 162 cm³/mol. The minimum atomic E-state index is -2.10. The fourth-order valence-corrected chi connectivity index (χ4v) is 11.2. The van der Waals surface area contributed by atoms with E-state index in [2.05, 4.69) is 77.9 Å². The van der Waals surface area contributed by atoms with Crippen molar-refractivity contribution in [1.29, 1.82) is 0 Å². The Morgan fingerprint density at radius 3 is 1.82 bits per heavy atom. The van der Waals surface area contributed by atoms with Crippen molar-refractivity contribution in [3.05, 3.63) is 83.9 Å². The van der Waals surface area contributed by atoms with Crippen LogP contribution in [-0.2, 0) is 22.2 Å². The van der Waals surface area contributed by atoms with Gasteiger partial charge >= 0.3 is 0 Å². The Morgan fingerprint density at radius 2 is 1.26 bits per heavy atom. The number of hydrogen-bond donors (Lipinski definition) is 2. The summed E-state index contributed by atoms with van der Waals surface area (Å²) >= 11 is 0. The van der Waals surface area contributed by atoms with Gasteiger partial charge in [0.1, 0.15) is 0 Å². The second-order valence-corrected chi connectivity index (χ2v) is 16.9. The number of benzene rings is 2. The maximum Gasteiger partial charge on any atom is 0.201 e. The van der Waals surface area contributed by atoms with Crippen LogP contribution in [0.25, 0.3) is 0 Å². The number of aliphatic hydroxyl groups excluding tert-OH is 2. The Bertz CT molecular complexity index is 876.